The fraction of sp³-hybridized carbons (Fsp3) is 0.800. The minimum atomic E-state index is -1.37. The van der Waals surface area contributed by atoms with Crippen LogP contribution >= 0.6 is 0 Å². The van der Waals surface area contributed by atoms with Gasteiger partial charge in [0.2, 0.25) is 0 Å². The van der Waals surface area contributed by atoms with E-state index in [2.05, 4.69) is 4.74 Å². The van der Waals surface area contributed by atoms with E-state index in [4.69, 9.17) is 0 Å². The van der Waals surface area contributed by atoms with E-state index in [-0.39, 0.29) is 24.4 Å². The molecule has 2 N–H and O–H groups in total. The molecule has 0 amide bonds. The number of aliphatic hydroxyl groups excluding tert-OH is 2. The maximum Gasteiger partial charge on any atom is 0.180 e. The molecule has 0 spiro atoms. The van der Waals surface area contributed by atoms with Gasteiger partial charge in [0.1, 0.15) is 17.7 Å². The Bertz CT molecular complexity index is 210. The summed E-state index contributed by atoms with van der Waals surface area (Å²) in [6, 6.07) is 0. The van der Waals surface area contributed by atoms with E-state index in [1.54, 1.807) is 0 Å². The van der Waals surface area contributed by atoms with E-state index >= 15 is 0 Å². The van der Waals surface area contributed by atoms with Gasteiger partial charge in [-0.2, -0.15) is 0 Å². The number of carbonyl (C=O) groups excluding carboxylic acids is 2. The first-order chi connectivity index (χ1) is 6.88. The Balaban J connectivity index is 4.45. The zero-order valence-corrected chi connectivity index (χ0v) is 9.27. The number of hydrogen-bond acceptors (Lipinski definition) is 5. The Hall–Kier alpha value is -0.780. The molecule has 0 aliphatic carbocycles. The van der Waals surface area contributed by atoms with Crippen molar-refractivity contribution in [3.63, 3.8) is 0 Å². The summed E-state index contributed by atoms with van der Waals surface area (Å²) in [6.45, 7) is 2.75. The van der Waals surface area contributed by atoms with Crippen LogP contribution in [0.25, 0.3) is 0 Å². The zero-order valence-electron chi connectivity index (χ0n) is 9.27. The van der Waals surface area contributed by atoms with Crippen LogP contribution in [0, 0.1) is 5.92 Å². The van der Waals surface area contributed by atoms with Crippen molar-refractivity contribution < 1.29 is 24.5 Å². The van der Waals surface area contributed by atoms with Crippen LogP contribution in [0.5, 0.6) is 0 Å². The van der Waals surface area contributed by atoms with E-state index in [1.165, 1.54) is 21.0 Å². The van der Waals surface area contributed by atoms with E-state index < -0.39 is 18.3 Å². The summed E-state index contributed by atoms with van der Waals surface area (Å²) in [5, 5.41) is 18.8. The molecule has 5 heteroatoms. The third-order valence-electron chi connectivity index (χ3n) is 2.12. The summed E-state index contributed by atoms with van der Waals surface area (Å²) in [6.07, 6.45) is -2.47. The van der Waals surface area contributed by atoms with Gasteiger partial charge in [-0.3, -0.25) is 0 Å². The summed E-state index contributed by atoms with van der Waals surface area (Å²) < 4.78 is 4.54. The predicted molar refractivity (Wildman–Crippen MR) is 53.1 cm³/mol. The van der Waals surface area contributed by atoms with Crippen LogP contribution in [0.15, 0.2) is 0 Å². The lowest BCUT2D eigenvalue weighted by Crippen LogP contribution is -2.36. The topological polar surface area (TPSA) is 83.8 Å². The molecule has 2 unspecified atom stereocenters. The first-order valence-corrected chi connectivity index (χ1v) is 4.76. The Morgan fingerprint density at radius 3 is 1.80 bits per heavy atom. The van der Waals surface area contributed by atoms with Gasteiger partial charge in [-0.05, 0) is 13.8 Å². The summed E-state index contributed by atoms with van der Waals surface area (Å²) >= 11 is 0. The average Bonchev–Trinajstić information content (AvgIpc) is 2.13. The van der Waals surface area contributed by atoms with Gasteiger partial charge < -0.3 is 24.5 Å². The number of ether oxygens (including phenoxy) is 1. The molecule has 0 saturated heterocycles. The largest absolute Gasteiger partial charge is 0.388 e. The van der Waals surface area contributed by atoms with E-state index in [0.29, 0.717) is 0 Å². The molecular formula is C10H18O5. The molecule has 0 radical (unpaired) electrons. The van der Waals surface area contributed by atoms with Crippen molar-refractivity contribution in [2.24, 2.45) is 5.92 Å². The van der Waals surface area contributed by atoms with Crippen molar-refractivity contribution in [1.29, 1.82) is 0 Å². The van der Waals surface area contributed by atoms with Crippen LogP contribution in [-0.4, -0.2) is 41.3 Å². The molecule has 0 aromatic heterocycles. The van der Waals surface area contributed by atoms with Gasteiger partial charge in [0, 0.05) is 25.9 Å². The maximum absolute atomic E-state index is 10.9. The highest BCUT2D eigenvalue weighted by molar-refractivity contribution is 5.79. The molecule has 0 aromatic carbocycles. The summed E-state index contributed by atoms with van der Waals surface area (Å²) in [5.41, 5.74) is 0. The predicted octanol–water partition coefficient (Wildman–Crippen LogP) is -0.114. The fourth-order valence-corrected chi connectivity index (χ4v) is 1.42. The third-order valence-corrected chi connectivity index (χ3v) is 2.12. The molecule has 0 aromatic rings. The van der Waals surface area contributed by atoms with Gasteiger partial charge in [-0.25, -0.2) is 0 Å². The zero-order chi connectivity index (χ0) is 12.0. The van der Waals surface area contributed by atoms with Gasteiger partial charge in [0.25, 0.3) is 0 Å². The van der Waals surface area contributed by atoms with Gasteiger partial charge in [0.05, 0.1) is 0 Å². The minimum Gasteiger partial charge on any atom is -0.388 e. The Morgan fingerprint density at radius 2 is 1.53 bits per heavy atom. The number of hydrogen-bond donors (Lipinski definition) is 2. The molecule has 2 atom stereocenters. The van der Waals surface area contributed by atoms with Crippen LogP contribution in [0.3, 0.4) is 0 Å². The second kappa shape index (κ2) is 6.66. The lowest BCUT2D eigenvalue weighted by atomic mass is 9.91. The molecule has 0 fully saturated rings. The maximum atomic E-state index is 10.9. The van der Waals surface area contributed by atoms with Crippen molar-refractivity contribution in [2.45, 2.75) is 39.1 Å². The van der Waals surface area contributed by atoms with Crippen molar-refractivity contribution >= 4 is 11.6 Å². The van der Waals surface area contributed by atoms with Crippen LogP contribution in [0.2, 0.25) is 0 Å². The molecule has 0 aliphatic rings. The number of Topliss-reactive ketones (excluding diaryl/α,β-unsaturated/α-hetero) is 2. The highest BCUT2D eigenvalue weighted by Gasteiger charge is 2.28. The van der Waals surface area contributed by atoms with E-state index in [0.717, 1.165) is 0 Å². The average molecular weight is 218 g/mol. The summed E-state index contributed by atoms with van der Waals surface area (Å²) in [4.78, 5) is 21.8. The van der Waals surface area contributed by atoms with Crippen molar-refractivity contribution in [2.75, 3.05) is 7.11 Å². The van der Waals surface area contributed by atoms with Crippen LogP contribution in [-0.2, 0) is 14.3 Å². The lowest BCUT2D eigenvalue weighted by Gasteiger charge is -2.24. The standard InChI is InChI=1S/C10H18O5/c1-6(11)4-8(5-7(2)12)9(13)10(14)15-3/h8-10,13-14H,4-5H2,1-3H3. The molecule has 0 rings (SSSR count). The van der Waals surface area contributed by atoms with E-state index in [9.17, 15) is 19.8 Å². The molecule has 0 aliphatic heterocycles. The quantitative estimate of drug-likeness (QED) is 0.582. The Morgan fingerprint density at radius 1 is 1.13 bits per heavy atom. The number of rotatable bonds is 7. The molecule has 15 heavy (non-hydrogen) atoms. The van der Waals surface area contributed by atoms with Gasteiger partial charge in [-0.1, -0.05) is 0 Å². The summed E-state index contributed by atoms with van der Waals surface area (Å²) in [7, 11) is 1.24. The van der Waals surface area contributed by atoms with Crippen molar-refractivity contribution in [1.82, 2.24) is 0 Å². The van der Waals surface area contributed by atoms with Crippen LogP contribution < -0.4 is 0 Å². The number of methoxy groups -OCH3 is 1. The normalized spacial score (nSPS) is 15.1. The monoisotopic (exact) mass is 218 g/mol. The van der Waals surface area contributed by atoms with Crippen LogP contribution in [0.4, 0.5) is 0 Å². The van der Waals surface area contributed by atoms with Crippen molar-refractivity contribution in [3.8, 4) is 0 Å². The number of ketones is 2. The molecule has 0 saturated carbocycles. The van der Waals surface area contributed by atoms with Gasteiger partial charge in [-0.15, -0.1) is 0 Å². The number of aliphatic hydroxyl groups is 2. The lowest BCUT2D eigenvalue weighted by molar-refractivity contribution is -0.164. The first kappa shape index (κ1) is 14.2. The highest BCUT2D eigenvalue weighted by atomic mass is 16.6. The van der Waals surface area contributed by atoms with Crippen LogP contribution in [0.1, 0.15) is 26.7 Å². The SMILES string of the molecule is COC(O)C(O)C(CC(C)=O)CC(C)=O. The second-order valence-corrected chi connectivity index (χ2v) is 3.69. The van der Waals surface area contributed by atoms with Gasteiger partial charge in [0.15, 0.2) is 6.29 Å². The highest BCUT2D eigenvalue weighted by Crippen LogP contribution is 2.18. The smallest absolute Gasteiger partial charge is 0.180 e. The third kappa shape index (κ3) is 5.61. The molecular weight excluding hydrogens is 200 g/mol. The van der Waals surface area contributed by atoms with Gasteiger partial charge >= 0.3 is 0 Å². The molecule has 88 valence electrons. The minimum absolute atomic E-state index is 0.0567. The Kier molecular flexibility index (Phi) is 6.31. The first-order valence-electron chi connectivity index (χ1n) is 4.76. The molecule has 0 heterocycles. The Labute approximate surface area is 89.0 Å². The second-order valence-electron chi connectivity index (χ2n) is 3.69. The number of carbonyl (C=O) groups is 2. The fourth-order valence-electron chi connectivity index (χ4n) is 1.42. The van der Waals surface area contributed by atoms with E-state index in [1.807, 2.05) is 0 Å². The summed E-state index contributed by atoms with van der Waals surface area (Å²) in [5.74, 6) is -0.859. The molecule has 0 bridgehead atoms. The molecule has 5 nitrogen and oxygen atoms in total. The van der Waals surface area contributed by atoms with Crippen molar-refractivity contribution in [3.05, 3.63) is 0 Å².